The molecule has 27 heavy (non-hydrogen) atoms. The SMILES string of the molecule is CCC(N)c1nnc(S(=O)(=O)CC(=O)C(C)(C)C)n1Cc1ccc(C)cc1. The summed E-state index contributed by atoms with van der Waals surface area (Å²) < 4.78 is 27.3. The molecule has 1 aromatic carbocycles. The zero-order valence-electron chi connectivity index (χ0n) is 16.6. The normalized spacial score (nSPS) is 13.6. The maximum absolute atomic E-state index is 12.9. The highest BCUT2D eigenvalue weighted by Crippen LogP contribution is 2.22. The molecular weight excluding hydrogens is 364 g/mol. The molecule has 0 bridgehead atoms. The Balaban J connectivity index is 2.48. The number of nitrogens with two attached hydrogens (primary N) is 1. The summed E-state index contributed by atoms with van der Waals surface area (Å²) in [4.78, 5) is 12.3. The van der Waals surface area contributed by atoms with E-state index in [0.29, 0.717) is 12.2 Å². The van der Waals surface area contributed by atoms with Gasteiger partial charge in [-0.25, -0.2) is 8.42 Å². The Kier molecular flexibility index (Phi) is 6.21. The molecule has 8 heteroatoms. The number of rotatable bonds is 7. The average Bonchev–Trinajstić information content (AvgIpc) is 2.99. The zero-order chi connectivity index (χ0) is 20.4. The largest absolute Gasteiger partial charge is 0.321 e. The minimum atomic E-state index is -3.94. The first-order valence-electron chi connectivity index (χ1n) is 8.96. The highest BCUT2D eigenvalue weighted by atomic mass is 32.2. The molecular formula is C19H28N4O3S. The maximum atomic E-state index is 12.9. The number of nitrogens with zero attached hydrogens (tertiary/aromatic N) is 3. The quantitative estimate of drug-likeness (QED) is 0.775. The standard InChI is InChI=1S/C19H28N4O3S/c1-6-15(20)17-21-22-18(27(25,26)12-16(24)19(3,4)5)23(17)11-14-9-7-13(2)8-10-14/h7-10,15H,6,11-12,20H2,1-5H3. The third-order valence-electron chi connectivity index (χ3n) is 4.41. The van der Waals surface area contributed by atoms with Crippen LogP contribution in [-0.4, -0.2) is 34.7 Å². The molecule has 0 radical (unpaired) electrons. The van der Waals surface area contributed by atoms with E-state index in [1.165, 1.54) is 4.57 Å². The summed E-state index contributed by atoms with van der Waals surface area (Å²) in [5, 5.41) is 7.72. The molecule has 148 valence electrons. The minimum absolute atomic E-state index is 0.209. The Labute approximate surface area is 160 Å². The lowest BCUT2D eigenvalue weighted by Crippen LogP contribution is -2.30. The van der Waals surface area contributed by atoms with E-state index in [1.807, 2.05) is 38.1 Å². The number of benzene rings is 1. The zero-order valence-corrected chi connectivity index (χ0v) is 17.4. The number of Topliss-reactive ketones (excluding diaryl/α,β-unsaturated/α-hetero) is 1. The second-order valence-corrected chi connectivity index (χ2v) is 9.74. The first-order valence-corrected chi connectivity index (χ1v) is 10.6. The summed E-state index contributed by atoms with van der Waals surface area (Å²) in [6.07, 6.45) is 0.590. The molecule has 1 atom stereocenters. The highest BCUT2D eigenvalue weighted by molar-refractivity contribution is 7.92. The Bertz CT molecular complexity index is 909. The molecule has 2 rings (SSSR count). The topological polar surface area (TPSA) is 108 Å². The first kappa shape index (κ1) is 21.2. The third kappa shape index (κ3) is 5.01. The van der Waals surface area contributed by atoms with Crippen molar-refractivity contribution in [1.82, 2.24) is 14.8 Å². The van der Waals surface area contributed by atoms with Gasteiger partial charge in [-0.3, -0.25) is 9.36 Å². The van der Waals surface area contributed by atoms with Crippen molar-refractivity contribution >= 4 is 15.6 Å². The Hall–Kier alpha value is -2.06. The molecule has 0 spiro atoms. The predicted molar refractivity (Wildman–Crippen MR) is 104 cm³/mol. The molecule has 0 saturated heterocycles. The van der Waals surface area contributed by atoms with Crippen molar-refractivity contribution in [1.29, 1.82) is 0 Å². The summed E-state index contributed by atoms with van der Waals surface area (Å²) in [5.41, 5.74) is 7.38. The van der Waals surface area contributed by atoms with E-state index in [9.17, 15) is 13.2 Å². The number of carbonyl (C=O) groups excluding carboxylic acids is 1. The fraction of sp³-hybridized carbons (Fsp3) is 0.526. The van der Waals surface area contributed by atoms with Crippen LogP contribution in [0.15, 0.2) is 29.4 Å². The molecule has 1 heterocycles. The lowest BCUT2D eigenvalue weighted by molar-refractivity contribution is -0.123. The second-order valence-electron chi connectivity index (χ2n) is 7.86. The van der Waals surface area contributed by atoms with Gasteiger partial charge in [0.1, 0.15) is 5.75 Å². The van der Waals surface area contributed by atoms with E-state index >= 15 is 0 Å². The Morgan fingerprint density at radius 2 is 1.78 bits per heavy atom. The highest BCUT2D eigenvalue weighted by Gasteiger charge is 2.32. The summed E-state index contributed by atoms with van der Waals surface area (Å²) in [7, 11) is -3.94. The van der Waals surface area contributed by atoms with Crippen molar-refractivity contribution in [3.8, 4) is 0 Å². The maximum Gasteiger partial charge on any atom is 0.250 e. The molecule has 1 unspecified atom stereocenters. The molecule has 0 fully saturated rings. The number of carbonyl (C=O) groups is 1. The van der Waals surface area contributed by atoms with E-state index in [2.05, 4.69) is 10.2 Å². The van der Waals surface area contributed by atoms with Crippen LogP contribution < -0.4 is 5.73 Å². The van der Waals surface area contributed by atoms with Gasteiger partial charge in [0.05, 0.1) is 12.6 Å². The van der Waals surface area contributed by atoms with Crippen molar-refractivity contribution in [2.75, 3.05) is 5.75 Å². The van der Waals surface area contributed by atoms with Crippen LogP contribution in [0, 0.1) is 12.3 Å². The van der Waals surface area contributed by atoms with E-state index in [1.54, 1.807) is 20.8 Å². The van der Waals surface area contributed by atoms with Crippen molar-refractivity contribution in [3.05, 3.63) is 41.2 Å². The van der Waals surface area contributed by atoms with Gasteiger partial charge in [0.2, 0.25) is 9.84 Å². The minimum Gasteiger partial charge on any atom is -0.321 e. The van der Waals surface area contributed by atoms with Crippen LogP contribution in [0.5, 0.6) is 0 Å². The molecule has 0 aliphatic heterocycles. The van der Waals surface area contributed by atoms with Crippen LogP contribution in [0.3, 0.4) is 0 Å². The third-order valence-corrected chi connectivity index (χ3v) is 5.91. The van der Waals surface area contributed by atoms with Crippen LogP contribution in [-0.2, 0) is 21.2 Å². The van der Waals surface area contributed by atoms with Crippen LogP contribution in [0.2, 0.25) is 0 Å². The molecule has 1 aromatic heterocycles. The molecule has 0 aliphatic rings. The molecule has 0 saturated carbocycles. The van der Waals surface area contributed by atoms with Crippen LogP contribution >= 0.6 is 0 Å². The fourth-order valence-corrected chi connectivity index (χ4v) is 4.03. The van der Waals surface area contributed by atoms with Gasteiger partial charge in [-0.15, -0.1) is 10.2 Å². The van der Waals surface area contributed by atoms with Gasteiger partial charge in [0.15, 0.2) is 11.6 Å². The first-order chi connectivity index (χ1) is 12.5. The van der Waals surface area contributed by atoms with Gasteiger partial charge in [0, 0.05) is 5.41 Å². The number of sulfone groups is 1. The van der Waals surface area contributed by atoms with Crippen LogP contribution in [0.25, 0.3) is 0 Å². The lowest BCUT2D eigenvalue weighted by atomic mass is 9.92. The number of aromatic nitrogens is 3. The van der Waals surface area contributed by atoms with Gasteiger partial charge >= 0.3 is 0 Å². The van der Waals surface area contributed by atoms with E-state index in [-0.39, 0.29) is 17.5 Å². The molecule has 7 nitrogen and oxygen atoms in total. The predicted octanol–water partition coefficient (Wildman–Crippen LogP) is 2.43. The Morgan fingerprint density at radius 1 is 1.19 bits per heavy atom. The molecule has 0 aliphatic carbocycles. The number of ketones is 1. The summed E-state index contributed by atoms with van der Waals surface area (Å²) >= 11 is 0. The number of aryl methyl sites for hydroxylation is 1. The molecule has 0 amide bonds. The summed E-state index contributed by atoms with van der Waals surface area (Å²) in [6, 6.07) is 7.32. The van der Waals surface area contributed by atoms with Crippen molar-refractivity contribution in [3.63, 3.8) is 0 Å². The van der Waals surface area contributed by atoms with Crippen molar-refractivity contribution < 1.29 is 13.2 Å². The monoisotopic (exact) mass is 392 g/mol. The van der Waals surface area contributed by atoms with Gasteiger partial charge in [-0.2, -0.15) is 0 Å². The van der Waals surface area contributed by atoms with E-state index < -0.39 is 27.0 Å². The van der Waals surface area contributed by atoms with Gasteiger partial charge in [-0.1, -0.05) is 57.5 Å². The van der Waals surface area contributed by atoms with Gasteiger partial charge in [-0.05, 0) is 18.9 Å². The van der Waals surface area contributed by atoms with Gasteiger partial charge < -0.3 is 5.73 Å². The number of hydrogen-bond acceptors (Lipinski definition) is 6. The van der Waals surface area contributed by atoms with E-state index in [0.717, 1.165) is 11.1 Å². The van der Waals surface area contributed by atoms with Crippen LogP contribution in [0.4, 0.5) is 0 Å². The smallest absolute Gasteiger partial charge is 0.250 e. The average molecular weight is 393 g/mol. The second kappa shape index (κ2) is 7.90. The molecule has 2 aromatic rings. The van der Waals surface area contributed by atoms with Crippen molar-refractivity contribution in [2.24, 2.45) is 11.1 Å². The summed E-state index contributed by atoms with van der Waals surface area (Å²) in [6.45, 7) is 9.23. The fourth-order valence-electron chi connectivity index (χ4n) is 2.47. The lowest BCUT2D eigenvalue weighted by Gasteiger charge is -2.17. The van der Waals surface area contributed by atoms with E-state index in [4.69, 9.17) is 5.73 Å². The van der Waals surface area contributed by atoms with Crippen LogP contribution in [0.1, 0.15) is 57.1 Å². The number of hydrogen-bond donors (Lipinski definition) is 1. The molecule has 2 N–H and O–H groups in total. The van der Waals surface area contributed by atoms with Gasteiger partial charge in [0.25, 0.3) is 5.16 Å². The Morgan fingerprint density at radius 3 is 2.30 bits per heavy atom. The summed E-state index contributed by atoms with van der Waals surface area (Å²) in [5.74, 6) is -0.572. The van der Waals surface area contributed by atoms with Crippen molar-refractivity contribution in [2.45, 2.75) is 58.8 Å².